The molecule has 0 spiro atoms. The van der Waals surface area contributed by atoms with Crippen LogP contribution >= 0.6 is 0 Å². The fourth-order valence-electron chi connectivity index (χ4n) is 1.28. The van der Waals surface area contributed by atoms with Crippen molar-refractivity contribution in [1.29, 1.82) is 0 Å². The Morgan fingerprint density at radius 2 is 1.79 bits per heavy atom. The lowest BCUT2D eigenvalue weighted by Crippen LogP contribution is -2.44. The molecule has 0 bridgehead atoms. The van der Waals surface area contributed by atoms with E-state index in [4.69, 9.17) is 10.0 Å². The van der Waals surface area contributed by atoms with Crippen LogP contribution in [0.15, 0.2) is 18.2 Å². The van der Waals surface area contributed by atoms with Gasteiger partial charge in [0.25, 0.3) is 0 Å². The lowest BCUT2D eigenvalue weighted by molar-refractivity contribution is 0.426. The molecule has 0 unspecified atom stereocenters. The first-order chi connectivity index (χ1) is 6.32. The SMILES string of the molecule is C[Si](C)(C)c1cc(B(O)O)ccc1F. The first-order valence-electron chi connectivity index (χ1n) is 4.48. The van der Waals surface area contributed by atoms with Gasteiger partial charge in [0.2, 0.25) is 0 Å². The summed E-state index contributed by atoms with van der Waals surface area (Å²) in [6.07, 6.45) is 0. The number of benzene rings is 1. The van der Waals surface area contributed by atoms with E-state index in [9.17, 15) is 4.39 Å². The number of rotatable bonds is 2. The summed E-state index contributed by atoms with van der Waals surface area (Å²) < 4.78 is 13.4. The molecule has 0 aliphatic heterocycles. The van der Waals surface area contributed by atoms with Crippen molar-refractivity contribution < 1.29 is 14.4 Å². The highest BCUT2D eigenvalue weighted by Gasteiger charge is 2.23. The van der Waals surface area contributed by atoms with Crippen LogP contribution in [0.25, 0.3) is 0 Å². The molecule has 0 saturated carbocycles. The Balaban J connectivity index is 3.22. The summed E-state index contributed by atoms with van der Waals surface area (Å²) in [5, 5.41) is 18.5. The Morgan fingerprint density at radius 1 is 1.21 bits per heavy atom. The summed E-state index contributed by atoms with van der Waals surface area (Å²) in [5.41, 5.74) is 0.351. The summed E-state index contributed by atoms with van der Waals surface area (Å²) in [5.74, 6) is -0.256. The van der Waals surface area contributed by atoms with Crippen LogP contribution in [0.1, 0.15) is 0 Å². The predicted molar refractivity (Wildman–Crippen MR) is 59.2 cm³/mol. The molecule has 0 radical (unpaired) electrons. The summed E-state index contributed by atoms with van der Waals surface area (Å²) in [4.78, 5) is 0. The molecule has 76 valence electrons. The molecule has 1 aromatic carbocycles. The highest BCUT2D eigenvalue weighted by Crippen LogP contribution is 2.04. The molecule has 0 amide bonds. The van der Waals surface area contributed by atoms with E-state index >= 15 is 0 Å². The van der Waals surface area contributed by atoms with Crippen molar-refractivity contribution in [2.75, 3.05) is 0 Å². The molecule has 0 atom stereocenters. The van der Waals surface area contributed by atoms with Crippen LogP contribution in [0.3, 0.4) is 0 Å². The van der Waals surface area contributed by atoms with Gasteiger partial charge in [0, 0.05) is 0 Å². The first-order valence-corrected chi connectivity index (χ1v) is 7.98. The van der Waals surface area contributed by atoms with Crippen LogP contribution in [-0.2, 0) is 0 Å². The zero-order valence-corrected chi connectivity index (χ0v) is 9.58. The van der Waals surface area contributed by atoms with Crippen molar-refractivity contribution in [3.8, 4) is 0 Å². The maximum atomic E-state index is 13.4. The summed E-state index contributed by atoms with van der Waals surface area (Å²) in [7, 11) is -3.27. The predicted octanol–water partition coefficient (Wildman–Crippen LogP) is 0.0507. The van der Waals surface area contributed by atoms with Gasteiger partial charge < -0.3 is 10.0 Å². The summed E-state index contributed by atoms with van der Waals surface area (Å²) >= 11 is 0. The number of hydrogen-bond donors (Lipinski definition) is 2. The normalized spacial score (nSPS) is 11.6. The summed E-state index contributed by atoms with van der Waals surface area (Å²) in [6.45, 7) is 6.04. The zero-order chi connectivity index (χ0) is 10.9. The second-order valence-electron chi connectivity index (χ2n) is 4.36. The zero-order valence-electron chi connectivity index (χ0n) is 8.58. The standard InChI is InChI=1S/C9H14BFO2Si/c1-14(2,3)9-6-7(10(12)13)4-5-8(9)11/h4-6,12-13H,1-3H3. The molecule has 0 aromatic heterocycles. The molecule has 0 aliphatic rings. The van der Waals surface area contributed by atoms with Gasteiger partial charge in [-0.15, -0.1) is 0 Å². The van der Waals surface area contributed by atoms with Crippen LogP contribution < -0.4 is 10.6 Å². The molecule has 2 N–H and O–H groups in total. The van der Waals surface area contributed by atoms with Crippen molar-refractivity contribution in [1.82, 2.24) is 0 Å². The Labute approximate surface area is 84.6 Å². The minimum atomic E-state index is -1.75. The second-order valence-corrected chi connectivity index (χ2v) is 9.40. The Morgan fingerprint density at radius 3 is 2.21 bits per heavy atom. The Bertz CT molecular complexity index is 336. The number of halogens is 1. The lowest BCUT2D eigenvalue weighted by atomic mass is 9.80. The fourth-order valence-corrected chi connectivity index (χ4v) is 2.68. The molecule has 1 aromatic rings. The van der Waals surface area contributed by atoms with E-state index in [1.165, 1.54) is 12.1 Å². The average molecular weight is 212 g/mol. The van der Waals surface area contributed by atoms with E-state index in [-0.39, 0.29) is 5.82 Å². The van der Waals surface area contributed by atoms with Crippen molar-refractivity contribution in [2.45, 2.75) is 19.6 Å². The third-order valence-electron chi connectivity index (χ3n) is 2.10. The average Bonchev–Trinajstić information content (AvgIpc) is 2.02. The highest BCUT2D eigenvalue weighted by molar-refractivity contribution is 6.89. The second kappa shape index (κ2) is 3.84. The molecular weight excluding hydrogens is 198 g/mol. The molecule has 0 heterocycles. The Kier molecular flexibility index (Phi) is 3.14. The number of hydrogen-bond acceptors (Lipinski definition) is 2. The van der Waals surface area contributed by atoms with Gasteiger partial charge in [-0.3, -0.25) is 0 Å². The van der Waals surface area contributed by atoms with Crippen molar-refractivity contribution >= 4 is 25.8 Å². The lowest BCUT2D eigenvalue weighted by Gasteiger charge is -2.18. The van der Waals surface area contributed by atoms with E-state index in [1.807, 2.05) is 19.6 Å². The third kappa shape index (κ3) is 2.43. The van der Waals surface area contributed by atoms with Crippen molar-refractivity contribution in [3.05, 3.63) is 24.0 Å². The van der Waals surface area contributed by atoms with Gasteiger partial charge in [0.1, 0.15) is 5.82 Å². The molecule has 14 heavy (non-hydrogen) atoms. The first kappa shape index (κ1) is 11.4. The van der Waals surface area contributed by atoms with E-state index in [2.05, 4.69) is 0 Å². The van der Waals surface area contributed by atoms with E-state index in [0.29, 0.717) is 10.6 Å². The smallest absolute Gasteiger partial charge is 0.423 e. The van der Waals surface area contributed by atoms with Crippen LogP contribution in [0, 0.1) is 5.82 Å². The molecule has 0 fully saturated rings. The minimum absolute atomic E-state index is 0.256. The van der Waals surface area contributed by atoms with Gasteiger partial charge >= 0.3 is 7.12 Å². The molecule has 1 rings (SSSR count). The molecular formula is C9H14BFO2Si. The van der Waals surface area contributed by atoms with Gasteiger partial charge in [-0.1, -0.05) is 31.8 Å². The summed E-state index contributed by atoms with van der Waals surface area (Å²) in [6, 6.07) is 4.23. The quantitative estimate of drug-likeness (QED) is 0.680. The van der Waals surface area contributed by atoms with Crippen LogP contribution in [0.5, 0.6) is 0 Å². The topological polar surface area (TPSA) is 40.5 Å². The molecule has 5 heteroatoms. The third-order valence-corrected chi connectivity index (χ3v) is 4.10. The highest BCUT2D eigenvalue weighted by atomic mass is 28.3. The van der Waals surface area contributed by atoms with Gasteiger partial charge in [-0.2, -0.15) is 0 Å². The maximum Gasteiger partial charge on any atom is 0.488 e. The Hall–Kier alpha value is -0.648. The minimum Gasteiger partial charge on any atom is -0.423 e. The van der Waals surface area contributed by atoms with E-state index in [1.54, 1.807) is 6.07 Å². The van der Waals surface area contributed by atoms with Crippen LogP contribution in [0.4, 0.5) is 4.39 Å². The van der Waals surface area contributed by atoms with Crippen LogP contribution in [0.2, 0.25) is 19.6 Å². The van der Waals surface area contributed by atoms with Gasteiger partial charge in [-0.05, 0) is 16.7 Å². The van der Waals surface area contributed by atoms with Crippen molar-refractivity contribution in [2.24, 2.45) is 0 Å². The van der Waals surface area contributed by atoms with E-state index < -0.39 is 15.2 Å². The maximum absolute atomic E-state index is 13.4. The van der Waals surface area contributed by atoms with Gasteiger partial charge in [0.15, 0.2) is 0 Å². The van der Waals surface area contributed by atoms with Crippen molar-refractivity contribution in [3.63, 3.8) is 0 Å². The molecule has 2 nitrogen and oxygen atoms in total. The molecule has 0 aliphatic carbocycles. The fraction of sp³-hybridized carbons (Fsp3) is 0.333. The van der Waals surface area contributed by atoms with Gasteiger partial charge in [0.05, 0.1) is 8.07 Å². The van der Waals surface area contributed by atoms with Crippen LogP contribution in [-0.4, -0.2) is 25.2 Å². The monoisotopic (exact) mass is 212 g/mol. The molecule has 0 saturated heterocycles. The largest absolute Gasteiger partial charge is 0.488 e. The van der Waals surface area contributed by atoms with E-state index in [0.717, 1.165) is 0 Å². The van der Waals surface area contributed by atoms with Gasteiger partial charge in [-0.25, -0.2) is 4.39 Å².